The van der Waals surface area contributed by atoms with Crippen molar-refractivity contribution in [3.05, 3.63) is 75.9 Å². The molecule has 3 aromatic carbocycles. The molecule has 5 rings (SSSR count). The van der Waals surface area contributed by atoms with Crippen LogP contribution in [0.3, 0.4) is 0 Å². The van der Waals surface area contributed by atoms with E-state index < -0.39 is 0 Å². The summed E-state index contributed by atoms with van der Waals surface area (Å²) in [6.07, 6.45) is 9.07. The summed E-state index contributed by atoms with van der Waals surface area (Å²) in [6.45, 7) is 9.30. The van der Waals surface area contributed by atoms with Gasteiger partial charge in [0.05, 0.1) is 0 Å². The number of hydrogen-bond donors (Lipinski definition) is 0. The van der Waals surface area contributed by atoms with Gasteiger partial charge in [-0.3, -0.25) is 0 Å². The molecular formula is C30H34. The lowest BCUT2D eigenvalue weighted by Gasteiger charge is -2.27. The first kappa shape index (κ1) is 19.6. The molecule has 1 unspecified atom stereocenters. The van der Waals surface area contributed by atoms with E-state index in [0.717, 1.165) is 5.92 Å². The first-order valence-electron chi connectivity index (χ1n) is 12.0. The lowest BCUT2D eigenvalue weighted by atomic mass is 9.77. The molecule has 0 amide bonds. The maximum atomic E-state index is 2.46. The third-order valence-electron chi connectivity index (χ3n) is 7.68. The van der Waals surface area contributed by atoms with Crippen LogP contribution in [-0.2, 0) is 6.42 Å². The molecule has 0 nitrogen and oxygen atoms in total. The minimum Gasteiger partial charge on any atom is -0.0654 e. The molecule has 0 heterocycles. The zero-order valence-electron chi connectivity index (χ0n) is 19.1. The SMILES string of the molecule is CCCCC(CC)CC1=C2c3cc(C)ccc3-c3c2c(c(C)c2ccccc32)CC1. The molecule has 0 aliphatic heterocycles. The number of unbranched alkanes of at least 4 members (excludes halogenated alkanes) is 1. The zero-order valence-corrected chi connectivity index (χ0v) is 19.1. The van der Waals surface area contributed by atoms with Crippen molar-refractivity contribution in [3.63, 3.8) is 0 Å². The summed E-state index contributed by atoms with van der Waals surface area (Å²) in [5.41, 5.74) is 13.9. The second kappa shape index (κ2) is 7.73. The van der Waals surface area contributed by atoms with E-state index in [9.17, 15) is 0 Å². The second-order valence-electron chi connectivity index (χ2n) is 9.55. The number of benzene rings is 3. The zero-order chi connectivity index (χ0) is 20.8. The van der Waals surface area contributed by atoms with Crippen molar-refractivity contribution in [2.45, 2.75) is 72.6 Å². The van der Waals surface area contributed by atoms with E-state index >= 15 is 0 Å². The molecule has 30 heavy (non-hydrogen) atoms. The molecule has 154 valence electrons. The highest BCUT2D eigenvalue weighted by molar-refractivity contribution is 6.14. The van der Waals surface area contributed by atoms with Gasteiger partial charge in [0, 0.05) is 0 Å². The molecule has 0 N–H and O–H groups in total. The maximum absolute atomic E-state index is 2.46. The summed E-state index contributed by atoms with van der Waals surface area (Å²) in [4.78, 5) is 0. The number of hydrogen-bond acceptors (Lipinski definition) is 0. The molecule has 0 saturated carbocycles. The Labute approximate surface area is 182 Å². The Balaban J connectivity index is 1.78. The third-order valence-corrected chi connectivity index (χ3v) is 7.68. The third kappa shape index (κ3) is 2.96. The van der Waals surface area contributed by atoms with E-state index in [2.05, 4.69) is 70.2 Å². The van der Waals surface area contributed by atoms with Crippen LogP contribution >= 0.6 is 0 Å². The van der Waals surface area contributed by atoms with Crippen LogP contribution in [0, 0.1) is 19.8 Å². The Morgan fingerprint density at radius 2 is 1.67 bits per heavy atom. The van der Waals surface area contributed by atoms with Crippen LogP contribution < -0.4 is 0 Å². The highest BCUT2D eigenvalue weighted by atomic mass is 14.4. The van der Waals surface area contributed by atoms with Gasteiger partial charge in [-0.05, 0) is 88.8 Å². The summed E-state index contributed by atoms with van der Waals surface area (Å²) in [7, 11) is 0. The van der Waals surface area contributed by atoms with Crippen molar-refractivity contribution in [2.24, 2.45) is 5.92 Å². The van der Waals surface area contributed by atoms with Gasteiger partial charge in [-0.1, -0.05) is 93.1 Å². The van der Waals surface area contributed by atoms with Crippen LogP contribution in [0.4, 0.5) is 0 Å². The Morgan fingerprint density at radius 1 is 0.867 bits per heavy atom. The van der Waals surface area contributed by atoms with E-state index in [1.165, 1.54) is 83.5 Å². The first-order chi connectivity index (χ1) is 14.6. The molecule has 0 bridgehead atoms. The van der Waals surface area contributed by atoms with Crippen molar-refractivity contribution < 1.29 is 0 Å². The minimum atomic E-state index is 0.827. The smallest absolute Gasteiger partial charge is 0.00174 e. The van der Waals surface area contributed by atoms with Crippen molar-refractivity contribution in [1.29, 1.82) is 0 Å². The van der Waals surface area contributed by atoms with Gasteiger partial charge in [0.1, 0.15) is 0 Å². The van der Waals surface area contributed by atoms with Gasteiger partial charge in [0.15, 0.2) is 0 Å². The summed E-state index contributed by atoms with van der Waals surface area (Å²) in [6, 6.07) is 16.2. The molecule has 2 aliphatic rings. The van der Waals surface area contributed by atoms with E-state index in [0.29, 0.717) is 0 Å². The summed E-state index contributed by atoms with van der Waals surface area (Å²) in [5, 5.41) is 2.88. The number of fused-ring (bicyclic) bond motifs is 5. The molecule has 0 heteroatoms. The fourth-order valence-corrected chi connectivity index (χ4v) is 6.01. The standard InChI is InChI=1S/C30H34/c1-5-7-10-21(6-2)18-22-14-16-24-20(4)23-11-8-9-12-25(23)29-26-15-13-19(3)17-27(26)28(22)30(24)29/h8-9,11-13,15,17,21H,5-7,10,14,16,18H2,1-4H3. The average molecular weight is 395 g/mol. The van der Waals surface area contributed by atoms with Gasteiger partial charge < -0.3 is 0 Å². The average Bonchev–Trinajstić information content (AvgIpc) is 3.10. The van der Waals surface area contributed by atoms with E-state index in [1.807, 2.05) is 0 Å². The number of rotatable bonds is 6. The molecular weight excluding hydrogens is 360 g/mol. The van der Waals surface area contributed by atoms with Gasteiger partial charge in [0.2, 0.25) is 0 Å². The number of aryl methyl sites for hydroxylation is 2. The fraction of sp³-hybridized carbons (Fsp3) is 0.400. The first-order valence-corrected chi connectivity index (χ1v) is 12.0. The van der Waals surface area contributed by atoms with Crippen molar-refractivity contribution in [3.8, 4) is 11.1 Å². The Bertz CT molecular complexity index is 1160. The lowest BCUT2D eigenvalue weighted by Crippen LogP contribution is -2.10. The second-order valence-corrected chi connectivity index (χ2v) is 9.55. The lowest BCUT2D eigenvalue weighted by molar-refractivity contribution is 0.443. The van der Waals surface area contributed by atoms with Crippen molar-refractivity contribution in [2.75, 3.05) is 0 Å². The molecule has 2 aliphatic carbocycles. The Kier molecular flexibility index (Phi) is 5.05. The van der Waals surface area contributed by atoms with Crippen LogP contribution in [0.25, 0.3) is 27.5 Å². The number of allylic oxidation sites excluding steroid dienone is 1. The van der Waals surface area contributed by atoms with E-state index in [-0.39, 0.29) is 0 Å². The molecule has 0 radical (unpaired) electrons. The summed E-state index contributed by atoms with van der Waals surface area (Å²) in [5.74, 6) is 0.827. The molecule has 0 aromatic heterocycles. The normalized spacial score (nSPS) is 15.5. The van der Waals surface area contributed by atoms with Crippen molar-refractivity contribution in [1.82, 2.24) is 0 Å². The molecule has 3 aromatic rings. The highest BCUT2D eigenvalue weighted by Gasteiger charge is 2.34. The summed E-state index contributed by atoms with van der Waals surface area (Å²) >= 11 is 0. The van der Waals surface area contributed by atoms with Crippen molar-refractivity contribution >= 4 is 16.3 Å². The topological polar surface area (TPSA) is 0 Å². The largest absolute Gasteiger partial charge is 0.0654 e. The fourth-order valence-electron chi connectivity index (χ4n) is 6.01. The molecule has 0 fully saturated rings. The Hall–Kier alpha value is -2.34. The molecule has 1 atom stereocenters. The quantitative estimate of drug-likeness (QED) is 0.306. The van der Waals surface area contributed by atoms with Gasteiger partial charge in [-0.15, -0.1) is 0 Å². The maximum Gasteiger partial charge on any atom is -0.00174 e. The van der Waals surface area contributed by atoms with Gasteiger partial charge in [-0.25, -0.2) is 0 Å². The highest BCUT2D eigenvalue weighted by Crippen LogP contribution is 2.55. The monoisotopic (exact) mass is 394 g/mol. The van der Waals surface area contributed by atoms with E-state index in [1.54, 1.807) is 22.3 Å². The predicted octanol–water partition coefficient (Wildman–Crippen LogP) is 8.79. The van der Waals surface area contributed by atoms with Crippen LogP contribution in [0.5, 0.6) is 0 Å². The van der Waals surface area contributed by atoms with Gasteiger partial charge in [0.25, 0.3) is 0 Å². The molecule has 0 saturated heterocycles. The summed E-state index contributed by atoms with van der Waals surface area (Å²) < 4.78 is 0. The Morgan fingerprint density at radius 3 is 2.43 bits per heavy atom. The minimum absolute atomic E-state index is 0.827. The van der Waals surface area contributed by atoms with Crippen LogP contribution in [-0.4, -0.2) is 0 Å². The van der Waals surface area contributed by atoms with Crippen LogP contribution in [0.15, 0.2) is 48.0 Å². The molecule has 0 spiro atoms. The van der Waals surface area contributed by atoms with Gasteiger partial charge >= 0.3 is 0 Å². The predicted molar refractivity (Wildman–Crippen MR) is 131 cm³/mol. The van der Waals surface area contributed by atoms with E-state index in [4.69, 9.17) is 0 Å². The van der Waals surface area contributed by atoms with Gasteiger partial charge in [-0.2, -0.15) is 0 Å². The van der Waals surface area contributed by atoms with Crippen LogP contribution in [0.2, 0.25) is 0 Å². The van der Waals surface area contributed by atoms with Crippen LogP contribution in [0.1, 0.15) is 80.2 Å².